The lowest BCUT2D eigenvalue weighted by Gasteiger charge is -2.08. The first-order valence-electron chi connectivity index (χ1n) is 9.17. The molecule has 0 saturated carbocycles. The van der Waals surface area contributed by atoms with Gasteiger partial charge in [0.05, 0.1) is 5.56 Å². The number of hydrogen-bond donors (Lipinski definition) is 2. The third-order valence-electron chi connectivity index (χ3n) is 4.58. The first kappa shape index (κ1) is 20.3. The number of carboxylic acids is 1. The number of carbonyl (C=O) groups is 2. The molecule has 0 spiro atoms. The van der Waals surface area contributed by atoms with Crippen molar-refractivity contribution in [2.45, 2.75) is 26.8 Å². The summed E-state index contributed by atoms with van der Waals surface area (Å²) in [5.41, 5.74) is 4.62. The molecule has 0 aliphatic carbocycles. The Hall–Kier alpha value is -3.43. The van der Waals surface area contributed by atoms with E-state index in [0.29, 0.717) is 29.7 Å². The molecular formula is C23H20N2O3S. The zero-order valence-electron chi connectivity index (χ0n) is 16.2. The van der Waals surface area contributed by atoms with Gasteiger partial charge in [-0.1, -0.05) is 49.4 Å². The standard InChI is InChI=1S/C23H20N2O3S/c1-3-20-19(12-24)21(22(29-20)23(27)28)17-9-7-16(8-10-17)18-6-4-5-15(11-18)13-25-14(2)26/h4-11H,3,13H2,1-2H3,(H,25,26)(H,27,28). The van der Waals surface area contributed by atoms with E-state index < -0.39 is 5.97 Å². The van der Waals surface area contributed by atoms with Crippen LogP contribution in [0.1, 0.15) is 39.5 Å². The number of thiophene rings is 1. The van der Waals surface area contributed by atoms with Crippen molar-refractivity contribution in [3.63, 3.8) is 0 Å². The first-order chi connectivity index (χ1) is 13.9. The van der Waals surface area contributed by atoms with Crippen LogP contribution in [0.2, 0.25) is 0 Å². The SMILES string of the molecule is CCc1sc(C(=O)O)c(-c2ccc(-c3cccc(CNC(C)=O)c3)cc2)c1C#N. The number of nitrogens with one attached hydrogen (secondary N) is 1. The Kier molecular flexibility index (Phi) is 6.10. The average Bonchev–Trinajstić information content (AvgIpc) is 3.11. The average molecular weight is 404 g/mol. The highest BCUT2D eigenvalue weighted by Gasteiger charge is 2.23. The molecule has 1 heterocycles. The second-order valence-electron chi connectivity index (χ2n) is 6.56. The summed E-state index contributed by atoms with van der Waals surface area (Å²) in [6.07, 6.45) is 0.618. The Morgan fingerprint density at radius 1 is 1.10 bits per heavy atom. The van der Waals surface area contributed by atoms with Crippen LogP contribution >= 0.6 is 11.3 Å². The van der Waals surface area contributed by atoms with Crippen molar-refractivity contribution in [1.29, 1.82) is 5.26 Å². The molecule has 0 aliphatic heterocycles. The van der Waals surface area contributed by atoms with Crippen LogP contribution in [0.25, 0.3) is 22.3 Å². The minimum atomic E-state index is -1.02. The number of aromatic carboxylic acids is 1. The van der Waals surface area contributed by atoms with Crippen molar-refractivity contribution in [3.05, 3.63) is 69.4 Å². The fourth-order valence-electron chi connectivity index (χ4n) is 3.19. The Bertz CT molecular complexity index is 1110. The molecule has 0 saturated heterocycles. The minimum Gasteiger partial charge on any atom is -0.477 e. The van der Waals surface area contributed by atoms with E-state index in [-0.39, 0.29) is 10.8 Å². The van der Waals surface area contributed by atoms with E-state index in [2.05, 4.69) is 11.4 Å². The summed E-state index contributed by atoms with van der Waals surface area (Å²) in [5, 5.41) is 21.9. The van der Waals surface area contributed by atoms with Crippen LogP contribution < -0.4 is 5.32 Å². The molecule has 0 aliphatic rings. The van der Waals surface area contributed by atoms with Gasteiger partial charge in [0.25, 0.3) is 0 Å². The number of nitrogens with zero attached hydrogens (tertiary/aromatic N) is 1. The van der Waals surface area contributed by atoms with Crippen LogP contribution in [0.4, 0.5) is 0 Å². The summed E-state index contributed by atoms with van der Waals surface area (Å²) < 4.78 is 0. The number of carbonyl (C=O) groups excluding carboxylic acids is 1. The topological polar surface area (TPSA) is 90.2 Å². The monoisotopic (exact) mass is 404 g/mol. The van der Waals surface area contributed by atoms with Crippen LogP contribution in [0.5, 0.6) is 0 Å². The van der Waals surface area contributed by atoms with Gasteiger partial charge in [-0.2, -0.15) is 5.26 Å². The van der Waals surface area contributed by atoms with Crippen LogP contribution in [0.15, 0.2) is 48.5 Å². The van der Waals surface area contributed by atoms with E-state index in [1.165, 1.54) is 18.3 Å². The third kappa shape index (κ3) is 4.36. The van der Waals surface area contributed by atoms with Gasteiger partial charge in [-0.15, -0.1) is 11.3 Å². The highest BCUT2D eigenvalue weighted by molar-refractivity contribution is 7.14. The molecule has 6 heteroatoms. The van der Waals surface area contributed by atoms with E-state index >= 15 is 0 Å². The van der Waals surface area contributed by atoms with E-state index in [0.717, 1.165) is 21.6 Å². The molecule has 1 amide bonds. The second kappa shape index (κ2) is 8.72. The summed E-state index contributed by atoms with van der Waals surface area (Å²) in [5.74, 6) is -1.10. The predicted molar refractivity (Wildman–Crippen MR) is 114 cm³/mol. The number of hydrogen-bond acceptors (Lipinski definition) is 4. The fraction of sp³-hybridized carbons (Fsp3) is 0.174. The maximum atomic E-state index is 11.7. The molecule has 0 fully saturated rings. The molecule has 2 N–H and O–H groups in total. The lowest BCUT2D eigenvalue weighted by atomic mass is 9.96. The molecule has 0 unspecified atom stereocenters. The molecule has 0 bridgehead atoms. The number of rotatable bonds is 6. The Balaban J connectivity index is 1.97. The molecule has 3 aromatic rings. The summed E-state index contributed by atoms with van der Waals surface area (Å²) in [7, 11) is 0. The van der Waals surface area contributed by atoms with Gasteiger partial charge in [0.2, 0.25) is 5.91 Å². The van der Waals surface area contributed by atoms with E-state index in [9.17, 15) is 20.0 Å². The van der Waals surface area contributed by atoms with Gasteiger partial charge in [-0.25, -0.2) is 4.79 Å². The summed E-state index contributed by atoms with van der Waals surface area (Å²) in [6.45, 7) is 3.86. The fourth-order valence-corrected chi connectivity index (χ4v) is 4.24. The maximum Gasteiger partial charge on any atom is 0.346 e. The Morgan fingerprint density at radius 2 is 1.79 bits per heavy atom. The van der Waals surface area contributed by atoms with Gasteiger partial charge >= 0.3 is 5.97 Å². The van der Waals surface area contributed by atoms with E-state index in [1.807, 2.05) is 55.5 Å². The molecule has 0 atom stereocenters. The van der Waals surface area contributed by atoms with E-state index in [4.69, 9.17) is 0 Å². The number of aryl methyl sites for hydroxylation is 1. The van der Waals surface area contributed by atoms with Gasteiger partial charge in [-0.3, -0.25) is 4.79 Å². The third-order valence-corrected chi connectivity index (χ3v) is 5.91. The number of nitriles is 1. The number of carboxylic acid groups (broad SMARTS) is 1. The molecule has 5 nitrogen and oxygen atoms in total. The normalized spacial score (nSPS) is 10.4. The van der Waals surface area contributed by atoms with Gasteiger partial charge < -0.3 is 10.4 Å². The van der Waals surface area contributed by atoms with Crippen molar-refractivity contribution in [1.82, 2.24) is 5.32 Å². The second-order valence-corrected chi connectivity index (χ2v) is 7.67. The zero-order chi connectivity index (χ0) is 21.0. The highest BCUT2D eigenvalue weighted by atomic mass is 32.1. The smallest absolute Gasteiger partial charge is 0.346 e. The lowest BCUT2D eigenvalue weighted by molar-refractivity contribution is -0.119. The van der Waals surface area contributed by atoms with Crippen LogP contribution in [0, 0.1) is 11.3 Å². The van der Waals surface area contributed by atoms with Crippen molar-refractivity contribution >= 4 is 23.2 Å². The summed E-state index contributed by atoms with van der Waals surface area (Å²) >= 11 is 1.17. The largest absolute Gasteiger partial charge is 0.477 e. The van der Waals surface area contributed by atoms with Crippen LogP contribution in [-0.2, 0) is 17.8 Å². The molecule has 146 valence electrons. The minimum absolute atomic E-state index is 0.0792. The quantitative estimate of drug-likeness (QED) is 0.614. The number of amides is 1. The zero-order valence-corrected chi connectivity index (χ0v) is 17.0. The molecule has 29 heavy (non-hydrogen) atoms. The van der Waals surface area contributed by atoms with Gasteiger partial charge in [-0.05, 0) is 34.7 Å². The molecule has 0 radical (unpaired) electrons. The number of benzene rings is 2. The molecule has 1 aromatic heterocycles. The van der Waals surface area contributed by atoms with E-state index in [1.54, 1.807) is 0 Å². The summed E-state index contributed by atoms with van der Waals surface area (Å²) in [6, 6.07) is 17.6. The van der Waals surface area contributed by atoms with Crippen molar-refractivity contribution < 1.29 is 14.7 Å². The molecular weight excluding hydrogens is 384 g/mol. The lowest BCUT2D eigenvalue weighted by Crippen LogP contribution is -2.18. The van der Waals surface area contributed by atoms with Gasteiger partial charge in [0.15, 0.2) is 0 Å². The molecule has 2 aromatic carbocycles. The van der Waals surface area contributed by atoms with Crippen LogP contribution in [0.3, 0.4) is 0 Å². The van der Waals surface area contributed by atoms with Gasteiger partial charge in [0, 0.05) is 23.9 Å². The van der Waals surface area contributed by atoms with Crippen molar-refractivity contribution in [2.24, 2.45) is 0 Å². The van der Waals surface area contributed by atoms with Crippen LogP contribution in [-0.4, -0.2) is 17.0 Å². The van der Waals surface area contributed by atoms with Gasteiger partial charge in [0.1, 0.15) is 10.9 Å². The van der Waals surface area contributed by atoms with Crippen molar-refractivity contribution in [3.8, 4) is 28.3 Å². The first-order valence-corrected chi connectivity index (χ1v) is 9.99. The maximum absolute atomic E-state index is 11.7. The molecule has 3 rings (SSSR count). The highest BCUT2D eigenvalue weighted by Crippen LogP contribution is 2.37. The summed E-state index contributed by atoms with van der Waals surface area (Å²) in [4.78, 5) is 23.8. The van der Waals surface area contributed by atoms with Crippen molar-refractivity contribution in [2.75, 3.05) is 0 Å². The Morgan fingerprint density at radius 3 is 2.38 bits per heavy atom. The Labute approximate surface area is 173 Å². The predicted octanol–water partition coefficient (Wildman–Crippen LogP) is 4.85.